The summed E-state index contributed by atoms with van der Waals surface area (Å²) >= 11 is 0. The van der Waals surface area contributed by atoms with Crippen molar-refractivity contribution in [2.24, 2.45) is 5.73 Å². The van der Waals surface area contributed by atoms with Gasteiger partial charge in [-0.1, -0.05) is 122 Å². The maximum atomic E-state index is 12.1. The van der Waals surface area contributed by atoms with E-state index in [9.17, 15) is 30.0 Å². The molecule has 5 atom stereocenters. The summed E-state index contributed by atoms with van der Waals surface area (Å²) in [4.78, 5) is 22.8. The maximum absolute atomic E-state index is 12.1. The first kappa shape index (κ1) is 35.8. The molecular formula is C30H58N2O7. The molecule has 2 amide bonds. The Hall–Kier alpha value is -1.26. The summed E-state index contributed by atoms with van der Waals surface area (Å²) < 4.78 is 4.92. The number of hydrogen-bond acceptors (Lipinski definition) is 7. The Morgan fingerprint density at radius 1 is 0.538 bits per heavy atom. The minimum Gasteiger partial charge on any atom is -0.387 e. The topological polar surface area (TPSA) is 162 Å². The van der Waals surface area contributed by atoms with Gasteiger partial charge >= 0.3 is 0 Å². The number of rotatable bonds is 25. The lowest BCUT2D eigenvalue weighted by molar-refractivity contribution is -0.275. The average molecular weight is 559 g/mol. The third-order valence-electron chi connectivity index (χ3n) is 7.75. The Kier molecular flexibility index (Phi) is 21.5. The number of primary amides is 1. The number of amides is 2. The van der Waals surface area contributed by atoms with Crippen LogP contribution in [0.3, 0.4) is 0 Å². The highest BCUT2D eigenvalue weighted by atomic mass is 16.6. The van der Waals surface area contributed by atoms with Crippen molar-refractivity contribution in [3.8, 4) is 0 Å². The molecule has 1 saturated heterocycles. The zero-order valence-corrected chi connectivity index (χ0v) is 24.2. The molecule has 1 aliphatic rings. The Morgan fingerprint density at radius 3 is 1.28 bits per heavy atom. The highest BCUT2D eigenvalue weighted by Crippen LogP contribution is 2.20. The third kappa shape index (κ3) is 17.9. The van der Waals surface area contributed by atoms with Crippen LogP contribution < -0.4 is 11.1 Å². The summed E-state index contributed by atoms with van der Waals surface area (Å²) in [5.74, 6) is -0.770. The first-order valence-corrected chi connectivity index (χ1v) is 15.8. The van der Waals surface area contributed by atoms with Gasteiger partial charge in [0.15, 0.2) is 12.4 Å². The van der Waals surface area contributed by atoms with Gasteiger partial charge in [0.05, 0.1) is 0 Å². The second-order valence-corrected chi connectivity index (χ2v) is 11.4. The minimum atomic E-state index is -1.70. The van der Waals surface area contributed by atoms with Crippen molar-refractivity contribution in [1.29, 1.82) is 0 Å². The fourth-order valence-corrected chi connectivity index (χ4v) is 5.17. The van der Waals surface area contributed by atoms with Crippen LogP contribution in [0.25, 0.3) is 0 Å². The van der Waals surface area contributed by atoms with Crippen LogP contribution in [0.4, 0.5) is 0 Å². The molecule has 1 fully saturated rings. The van der Waals surface area contributed by atoms with Gasteiger partial charge in [0.25, 0.3) is 5.91 Å². The molecule has 0 aromatic carbocycles. The largest absolute Gasteiger partial charge is 0.387 e. The number of aliphatic hydroxyl groups excluding tert-OH is 4. The summed E-state index contributed by atoms with van der Waals surface area (Å²) in [6, 6.07) is 0. The van der Waals surface area contributed by atoms with Crippen LogP contribution in [0.1, 0.15) is 141 Å². The summed E-state index contributed by atoms with van der Waals surface area (Å²) in [5.41, 5.74) is 5.15. The zero-order chi connectivity index (χ0) is 28.7. The molecule has 7 N–H and O–H groups in total. The van der Waals surface area contributed by atoms with Crippen LogP contribution >= 0.6 is 0 Å². The van der Waals surface area contributed by atoms with Gasteiger partial charge in [-0.25, -0.2) is 0 Å². The number of hydrogen-bond donors (Lipinski definition) is 6. The summed E-state index contributed by atoms with van der Waals surface area (Å²) in [6.07, 6.45) is 18.7. The molecule has 39 heavy (non-hydrogen) atoms. The van der Waals surface area contributed by atoms with Crippen LogP contribution in [0.15, 0.2) is 0 Å². The third-order valence-corrected chi connectivity index (χ3v) is 7.75. The average Bonchev–Trinajstić information content (AvgIpc) is 2.91. The van der Waals surface area contributed by atoms with Crippen LogP contribution in [0.5, 0.6) is 0 Å². The minimum absolute atomic E-state index is 0.178. The van der Waals surface area contributed by atoms with E-state index < -0.39 is 36.6 Å². The molecule has 230 valence electrons. The first-order valence-electron chi connectivity index (χ1n) is 15.8. The summed E-state index contributed by atoms with van der Waals surface area (Å²) in [7, 11) is 0. The number of carbonyl (C=O) groups excluding carboxylic acids is 2. The SMILES string of the molecule is NC(=O)CCCCCCCCCCCCCCCCCCCCCCCNC(=O)C1OC(O)C(O)C(O)C1O. The molecule has 0 saturated carbocycles. The predicted octanol–water partition coefficient (Wildman–Crippen LogP) is 3.97. The molecule has 0 aromatic rings. The number of unbranched alkanes of at least 4 members (excludes halogenated alkanes) is 20. The van der Waals surface area contributed by atoms with Crippen molar-refractivity contribution in [2.75, 3.05) is 6.54 Å². The van der Waals surface area contributed by atoms with Gasteiger partial charge < -0.3 is 36.2 Å². The van der Waals surface area contributed by atoms with E-state index in [-0.39, 0.29) is 5.91 Å². The van der Waals surface area contributed by atoms with Crippen LogP contribution in [0, 0.1) is 0 Å². The van der Waals surface area contributed by atoms with Gasteiger partial charge in [0, 0.05) is 13.0 Å². The highest BCUT2D eigenvalue weighted by molar-refractivity contribution is 5.81. The fourth-order valence-electron chi connectivity index (χ4n) is 5.17. The number of aliphatic hydroxyl groups is 4. The second kappa shape index (κ2) is 23.4. The molecule has 9 heteroatoms. The first-order chi connectivity index (χ1) is 18.8. The summed E-state index contributed by atoms with van der Waals surface area (Å²) in [6.45, 7) is 0.445. The molecule has 0 aromatic heterocycles. The van der Waals surface area contributed by atoms with Crippen molar-refractivity contribution in [3.05, 3.63) is 0 Å². The molecule has 1 rings (SSSR count). The molecule has 5 unspecified atom stereocenters. The lowest BCUT2D eigenvalue weighted by Crippen LogP contribution is -2.61. The van der Waals surface area contributed by atoms with E-state index in [1.807, 2.05) is 0 Å². The van der Waals surface area contributed by atoms with Gasteiger partial charge in [0.1, 0.15) is 18.3 Å². The van der Waals surface area contributed by atoms with Crippen LogP contribution in [0.2, 0.25) is 0 Å². The number of nitrogens with two attached hydrogens (primary N) is 1. The van der Waals surface area contributed by atoms with Crippen molar-refractivity contribution < 1.29 is 34.8 Å². The van der Waals surface area contributed by atoms with Gasteiger partial charge in [-0.2, -0.15) is 0 Å². The smallest absolute Gasteiger partial charge is 0.252 e. The normalized spacial score (nSPS) is 23.1. The molecule has 1 aliphatic heterocycles. The zero-order valence-electron chi connectivity index (χ0n) is 24.2. The van der Waals surface area contributed by atoms with Crippen molar-refractivity contribution in [3.63, 3.8) is 0 Å². The van der Waals surface area contributed by atoms with E-state index in [0.717, 1.165) is 32.1 Å². The molecule has 0 radical (unpaired) electrons. The lowest BCUT2D eigenvalue weighted by Gasteiger charge is -2.37. The molecule has 0 spiro atoms. The monoisotopic (exact) mass is 558 g/mol. The van der Waals surface area contributed by atoms with Gasteiger partial charge in [-0.3, -0.25) is 9.59 Å². The quantitative estimate of drug-likeness (QED) is 0.0924. The summed E-state index contributed by atoms with van der Waals surface area (Å²) in [5, 5.41) is 41.2. The molecule has 1 heterocycles. The van der Waals surface area contributed by atoms with Crippen molar-refractivity contribution in [1.82, 2.24) is 5.32 Å². The Bertz CT molecular complexity index is 622. The molecule has 9 nitrogen and oxygen atoms in total. The Labute approximate surface area is 236 Å². The van der Waals surface area contributed by atoms with Crippen LogP contribution in [-0.2, 0) is 14.3 Å². The Morgan fingerprint density at radius 2 is 0.897 bits per heavy atom. The van der Waals surface area contributed by atoms with E-state index in [1.165, 1.54) is 103 Å². The van der Waals surface area contributed by atoms with Gasteiger partial charge in [-0.15, -0.1) is 0 Å². The van der Waals surface area contributed by atoms with E-state index >= 15 is 0 Å². The predicted molar refractivity (Wildman–Crippen MR) is 153 cm³/mol. The number of carbonyl (C=O) groups is 2. The Balaban J connectivity index is 1.77. The van der Waals surface area contributed by atoms with E-state index in [4.69, 9.17) is 10.5 Å². The highest BCUT2D eigenvalue weighted by Gasteiger charge is 2.46. The molecule has 0 bridgehead atoms. The second-order valence-electron chi connectivity index (χ2n) is 11.4. The van der Waals surface area contributed by atoms with Crippen LogP contribution in [-0.4, -0.2) is 69.5 Å². The van der Waals surface area contributed by atoms with Gasteiger partial charge in [-0.05, 0) is 12.8 Å². The van der Waals surface area contributed by atoms with E-state index in [1.54, 1.807) is 0 Å². The fraction of sp³-hybridized carbons (Fsp3) is 0.933. The lowest BCUT2D eigenvalue weighted by atomic mass is 9.98. The standard InChI is InChI=1S/C30H58N2O7/c31-24(33)22-20-18-16-14-12-10-8-6-4-2-1-3-5-7-9-11-13-15-17-19-21-23-32-29(37)28-26(35)25(34)27(36)30(38)39-28/h25-28,30,34-36,38H,1-23H2,(H2,31,33)(H,32,37). The maximum Gasteiger partial charge on any atom is 0.252 e. The van der Waals surface area contributed by atoms with E-state index in [2.05, 4.69) is 5.32 Å². The van der Waals surface area contributed by atoms with Crippen molar-refractivity contribution >= 4 is 11.8 Å². The van der Waals surface area contributed by atoms with E-state index in [0.29, 0.717) is 13.0 Å². The molecule has 0 aliphatic carbocycles. The van der Waals surface area contributed by atoms with Gasteiger partial charge in [0.2, 0.25) is 5.91 Å². The van der Waals surface area contributed by atoms with Crippen molar-refractivity contribution in [2.45, 2.75) is 172 Å². The number of ether oxygens (including phenoxy) is 1. The number of nitrogens with one attached hydrogen (secondary N) is 1. The molecular weight excluding hydrogens is 500 g/mol.